The van der Waals surface area contributed by atoms with E-state index in [1.54, 1.807) is 0 Å². The molecule has 0 saturated carbocycles. The molecule has 1 aromatic carbocycles. The summed E-state index contributed by atoms with van der Waals surface area (Å²) in [4.78, 5) is 0. The average Bonchev–Trinajstić information content (AvgIpc) is 2.80. The third kappa shape index (κ3) is 3.87. The van der Waals surface area contributed by atoms with Gasteiger partial charge in [-0.1, -0.05) is 25.5 Å². The third-order valence-electron chi connectivity index (χ3n) is 3.25. The Morgan fingerprint density at radius 2 is 1.95 bits per heavy atom. The first kappa shape index (κ1) is 14.7. The van der Waals surface area contributed by atoms with Crippen LogP contribution < -0.4 is 10.1 Å². The highest BCUT2D eigenvalue weighted by atomic mass is 16.5. The Hall–Kier alpha value is -1.74. The monoisotopic (exact) mass is 273 g/mol. The molecular formula is C17H23NO2. The predicted molar refractivity (Wildman–Crippen MR) is 81.0 cm³/mol. The van der Waals surface area contributed by atoms with Gasteiger partial charge in [-0.2, -0.15) is 0 Å². The minimum Gasteiger partial charge on any atom is -0.486 e. The summed E-state index contributed by atoms with van der Waals surface area (Å²) in [5.74, 6) is 2.73. The predicted octanol–water partition coefficient (Wildman–Crippen LogP) is 3.84. The van der Waals surface area contributed by atoms with E-state index >= 15 is 0 Å². The second kappa shape index (κ2) is 7.15. The van der Waals surface area contributed by atoms with Crippen LogP contribution in [0.5, 0.6) is 5.75 Å². The van der Waals surface area contributed by atoms with Crippen molar-refractivity contribution in [2.24, 2.45) is 0 Å². The van der Waals surface area contributed by atoms with Crippen LogP contribution in [-0.4, -0.2) is 7.05 Å². The molecule has 0 unspecified atom stereocenters. The molecule has 0 bridgehead atoms. The van der Waals surface area contributed by atoms with E-state index in [2.05, 4.69) is 31.3 Å². The second-order valence-electron chi connectivity index (χ2n) is 5.03. The fourth-order valence-electron chi connectivity index (χ4n) is 2.19. The van der Waals surface area contributed by atoms with Crippen LogP contribution in [-0.2, 0) is 19.6 Å². The summed E-state index contributed by atoms with van der Waals surface area (Å²) >= 11 is 0. The lowest BCUT2D eigenvalue weighted by Gasteiger charge is -2.05. The second-order valence-corrected chi connectivity index (χ2v) is 5.03. The molecule has 2 aromatic rings. The molecule has 108 valence electrons. The maximum Gasteiger partial charge on any atom is 0.146 e. The van der Waals surface area contributed by atoms with Gasteiger partial charge in [0.15, 0.2) is 0 Å². The molecule has 1 heterocycles. The molecule has 3 heteroatoms. The summed E-state index contributed by atoms with van der Waals surface area (Å²) in [7, 11) is 1.91. The Morgan fingerprint density at radius 3 is 2.60 bits per heavy atom. The number of ether oxygens (including phenoxy) is 1. The number of nitrogens with one attached hydrogen (secondary N) is 1. The quantitative estimate of drug-likeness (QED) is 0.832. The van der Waals surface area contributed by atoms with Crippen LogP contribution >= 0.6 is 0 Å². The van der Waals surface area contributed by atoms with Crippen molar-refractivity contribution in [3.63, 3.8) is 0 Å². The number of aryl methyl sites for hydroxylation is 2. The van der Waals surface area contributed by atoms with Crippen LogP contribution in [0.2, 0.25) is 0 Å². The van der Waals surface area contributed by atoms with E-state index in [9.17, 15) is 0 Å². The number of rotatable bonds is 7. The van der Waals surface area contributed by atoms with Crippen molar-refractivity contribution >= 4 is 0 Å². The topological polar surface area (TPSA) is 34.4 Å². The van der Waals surface area contributed by atoms with Gasteiger partial charge < -0.3 is 14.5 Å². The first-order chi connectivity index (χ1) is 9.72. The number of hydrogen-bond donors (Lipinski definition) is 1. The van der Waals surface area contributed by atoms with E-state index < -0.39 is 0 Å². The molecule has 0 aliphatic heterocycles. The van der Waals surface area contributed by atoms with Crippen molar-refractivity contribution in [2.75, 3.05) is 7.05 Å². The smallest absolute Gasteiger partial charge is 0.146 e. The summed E-state index contributed by atoms with van der Waals surface area (Å²) in [5.41, 5.74) is 2.52. The van der Waals surface area contributed by atoms with Crippen molar-refractivity contribution in [3.8, 4) is 5.75 Å². The van der Waals surface area contributed by atoms with Gasteiger partial charge >= 0.3 is 0 Å². The first-order valence-corrected chi connectivity index (χ1v) is 7.17. The maximum atomic E-state index is 5.76. The maximum absolute atomic E-state index is 5.76. The minimum atomic E-state index is 0.470. The van der Waals surface area contributed by atoms with Crippen LogP contribution in [0.1, 0.15) is 36.0 Å². The van der Waals surface area contributed by atoms with E-state index in [1.807, 2.05) is 25.2 Å². The van der Waals surface area contributed by atoms with Crippen molar-refractivity contribution in [1.29, 1.82) is 0 Å². The fourth-order valence-corrected chi connectivity index (χ4v) is 2.19. The van der Waals surface area contributed by atoms with Crippen molar-refractivity contribution in [3.05, 3.63) is 53.0 Å². The zero-order valence-corrected chi connectivity index (χ0v) is 12.5. The van der Waals surface area contributed by atoms with E-state index in [4.69, 9.17) is 9.15 Å². The highest BCUT2D eigenvalue weighted by Gasteiger charge is 2.07. The summed E-state index contributed by atoms with van der Waals surface area (Å²) in [5, 5.41) is 3.10. The van der Waals surface area contributed by atoms with E-state index in [1.165, 1.54) is 12.0 Å². The molecular weight excluding hydrogens is 250 g/mol. The molecule has 0 spiro atoms. The molecule has 1 N–H and O–H groups in total. The van der Waals surface area contributed by atoms with Crippen LogP contribution in [0.3, 0.4) is 0 Å². The van der Waals surface area contributed by atoms with Gasteiger partial charge in [0.2, 0.25) is 0 Å². The van der Waals surface area contributed by atoms with Crippen molar-refractivity contribution in [1.82, 2.24) is 5.32 Å². The number of hydrogen-bond acceptors (Lipinski definition) is 3. The molecule has 0 aliphatic carbocycles. The molecule has 2 rings (SSSR count). The normalized spacial score (nSPS) is 10.8. The van der Waals surface area contributed by atoms with Gasteiger partial charge in [-0.05, 0) is 49.7 Å². The Balaban J connectivity index is 1.92. The lowest BCUT2D eigenvalue weighted by molar-refractivity contribution is 0.265. The highest BCUT2D eigenvalue weighted by Crippen LogP contribution is 2.18. The van der Waals surface area contributed by atoms with Crippen LogP contribution in [0.25, 0.3) is 0 Å². The van der Waals surface area contributed by atoms with Gasteiger partial charge in [0, 0.05) is 0 Å². The Bertz CT molecular complexity index is 528. The Labute approximate surface area is 121 Å². The molecule has 20 heavy (non-hydrogen) atoms. The molecule has 3 nitrogen and oxygen atoms in total. The highest BCUT2D eigenvalue weighted by molar-refractivity contribution is 5.27. The van der Waals surface area contributed by atoms with Crippen LogP contribution in [0.4, 0.5) is 0 Å². The Kier molecular flexibility index (Phi) is 5.24. The van der Waals surface area contributed by atoms with E-state index in [-0.39, 0.29) is 0 Å². The standard InChI is InChI=1S/C17H23NO2/c1-4-5-14-6-8-15(9-7-14)19-12-16-10-13(2)17(20-16)11-18-3/h6-10,18H,4-5,11-12H2,1-3H3. The zero-order valence-electron chi connectivity index (χ0n) is 12.5. The number of furan rings is 1. The van der Waals surface area contributed by atoms with Gasteiger partial charge in [-0.3, -0.25) is 0 Å². The van der Waals surface area contributed by atoms with Gasteiger partial charge in [0.25, 0.3) is 0 Å². The molecule has 0 saturated heterocycles. The molecule has 0 fully saturated rings. The summed E-state index contributed by atoms with van der Waals surface area (Å²) in [6, 6.07) is 10.3. The van der Waals surface area contributed by atoms with Crippen molar-refractivity contribution in [2.45, 2.75) is 39.8 Å². The lowest BCUT2D eigenvalue weighted by Crippen LogP contribution is -2.04. The fraction of sp³-hybridized carbons (Fsp3) is 0.412. The minimum absolute atomic E-state index is 0.470. The van der Waals surface area contributed by atoms with Gasteiger partial charge in [0.1, 0.15) is 23.9 Å². The van der Waals surface area contributed by atoms with Crippen LogP contribution in [0.15, 0.2) is 34.7 Å². The van der Waals surface area contributed by atoms with Gasteiger partial charge in [0.05, 0.1) is 6.54 Å². The largest absolute Gasteiger partial charge is 0.486 e. The third-order valence-corrected chi connectivity index (χ3v) is 3.25. The molecule has 0 atom stereocenters. The molecule has 0 aliphatic rings. The average molecular weight is 273 g/mol. The summed E-state index contributed by atoms with van der Waals surface area (Å²) in [6.45, 7) is 5.46. The number of benzene rings is 1. The first-order valence-electron chi connectivity index (χ1n) is 7.17. The van der Waals surface area contributed by atoms with Crippen molar-refractivity contribution < 1.29 is 9.15 Å². The van der Waals surface area contributed by atoms with Gasteiger partial charge in [-0.15, -0.1) is 0 Å². The molecule has 0 amide bonds. The Morgan fingerprint density at radius 1 is 1.20 bits per heavy atom. The van der Waals surface area contributed by atoms with E-state index in [0.717, 1.165) is 35.8 Å². The van der Waals surface area contributed by atoms with Gasteiger partial charge in [-0.25, -0.2) is 0 Å². The summed E-state index contributed by atoms with van der Waals surface area (Å²) in [6.07, 6.45) is 2.28. The molecule has 1 aromatic heterocycles. The molecule has 0 radical (unpaired) electrons. The van der Waals surface area contributed by atoms with E-state index in [0.29, 0.717) is 6.61 Å². The SMILES string of the molecule is CCCc1ccc(OCc2cc(C)c(CNC)o2)cc1. The summed E-state index contributed by atoms with van der Waals surface area (Å²) < 4.78 is 11.5. The lowest BCUT2D eigenvalue weighted by atomic mass is 10.1. The van der Waals surface area contributed by atoms with Crippen LogP contribution in [0, 0.1) is 6.92 Å². The zero-order chi connectivity index (χ0) is 14.4.